The maximum Gasteiger partial charge on any atom is 0.213 e. The van der Waals surface area contributed by atoms with Gasteiger partial charge in [-0.1, -0.05) is 0 Å². The molecule has 9 heteroatoms. The van der Waals surface area contributed by atoms with E-state index in [-0.39, 0.29) is 17.6 Å². The van der Waals surface area contributed by atoms with E-state index in [1.807, 2.05) is 0 Å². The van der Waals surface area contributed by atoms with E-state index in [1.54, 1.807) is 13.3 Å². The van der Waals surface area contributed by atoms with Crippen molar-refractivity contribution in [3.63, 3.8) is 0 Å². The Hall–Kier alpha value is -2.70. The molecule has 1 aliphatic heterocycles. The molecule has 0 unspecified atom stereocenters. The zero-order chi connectivity index (χ0) is 20.0. The molecule has 2 aliphatic carbocycles. The number of nitrogens with zero attached hydrogens (tertiary/aromatic N) is 5. The first-order valence-electron chi connectivity index (χ1n) is 9.85. The second-order valence-electron chi connectivity index (χ2n) is 8.45. The molecule has 3 aromatic rings. The van der Waals surface area contributed by atoms with E-state index >= 15 is 0 Å². The van der Waals surface area contributed by atoms with Crippen molar-refractivity contribution in [3.8, 4) is 17.3 Å². The number of fused-ring (bicyclic) bond motifs is 4. The van der Waals surface area contributed by atoms with Gasteiger partial charge in [-0.3, -0.25) is 0 Å². The third-order valence-electron chi connectivity index (χ3n) is 6.99. The third kappa shape index (κ3) is 2.03. The van der Waals surface area contributed by atoms with Gasteiger partial charge in [0.15, 0.2) is 0 Å². The van der Waals surface area contributed by atoms with Crippen LogP contribution in [-0.4, -0.2) is 51.1 Å². The number of hydrogen-bond acceptors (Lipinski definition) is 5. The average Bonchev–Trinajstić information content (AvgIpc) is 3.14. The molecule has 0 atom stereocenters. The average molecular weight is 408 g/mol. The zero-order valence-corrected chi connectivity index (χ0v) is 16.8. The van der Waals surface area contributed by atoms with Crippen molar-refractivity contribution in [1.29, 1.82) is 5.26 Å². The lowest BCUT2D eigenvalue weighted by atomic mass is 9.81. The Balaban J connectivity index is 1.50. The molecule has 6 rings (SSSR count). The molecule has 4 heterocycles. The molecule has 0 amide bonds. The van der Waals surface area contributed by atoms with Crippen LogP contribution in [0.25, 0.3) is 22.3 Å². The smallest absolute Gasteiger partial charge is 0.213 e. The van der Waals surface area contributed by atoms with Crippen LogP contribution in [-0.2, 0) is 21.0 Å². The molecule has 2 fully saturated rings. The summed E-state index contributed by atoms with van der Waals surface area (Å²) in [4.78, 5) is 12.2. The Morgan fingerprint density at radius 3 is 2.72 bits per heavy atom. The van der Waals surface area contributed by atoms with Crippen molar-refractivity contribution < 1.29 is 8.42 Å². The third-order valence-corrected chi connectivity index (χ3v) is 8.76. The largest absolute Gasteiger partial charge is 0.346 e. The summed E-state index contributed by atoms with van der Waals surface area (Å²) in [6, 6.07) is 2.27. The molecule has 1 N–H and O–H groups in total. The van der Waals surface area contributed by atoms with Gasteiger partial charge in [0.05, 0.1) is 29.5 Å². The lowest BCUT2D eigenvalue weighted by Gasteiger charge is -2.49. The van der Waals surface area contributed by atoms with Gasteiger partial charge in [0.2, 0.25) is 10.0 Å². The van der Waals surface area contributed by atoms with Crippen molar-refractivity contribution in [2.75, 3.05) is 18.8 Å². The van der Waals surface area contributed by atoms with Gasteiger partial charge in [0.1, 0.15) is 12.0 Å². The van der Waals surface area contributed by atoms with Crippen molar-refractivity contribution in [3.05, 3.63) is 36.0 Å². The highest BCUT2D eigenvalue weighted by molar-refractivity contribution is 7.89. The molecule has 3 aliphatic rings. The molecular formula is C20H20N6O2S. The standard InChI is InChI=1S/C20H20N6O2S/c1-2-29(27,28)26-10-19(11-26,5-6-21)25-8-13-15(9-25)20(3-4-20)14-7-22-18-16(14)17(13)23-12-24-18/h7-9,12H,2-5,10-11H2,1H3,(H,22,23,24). The Kier molecular flexibility index (Phi) is 3.12. The predicted octanol–water partition coefficient (Wildman–Crippen LogP) is 2.09. The van der Waals surface area contributed by atoms with Gasteiger partial charge in [-0.2, -0.15) is 9.57 Å². The van der Waals surface area contributed by atoms with Crippen LogP contribution in [0.2, 0.25) is 0 Å². The Morgan fingerprint density at radius 1 is 1.24 bits per heavy atom. The Labute approximate surface area is 168 Å². The fourth-order valence-electron chi connectivity index (χ4n) is 5.15. The minimum absolute atomic E-state index is 0.0106. The maximum absolute atomic E-state index is 12.3. The SMILES string of the molecule is CCS(=O)(=O)N1CC(CC#N)(n2cc3c(c2)C2(CC2)c2c[nH]c4ncnc-3c24)C1. The molecule has 1 saturated carbocycles. The number of nitrogens with one attached hydrogen (secondary N) is 1. The molecular weight excluding hydrogens is 388 g/mol. The van der Waals surface area contributed by atoms with E-state index in [4.69, 9.17) is 0 Å². The molecule has 0 radical (unpaired) electrons. The minimum Gasteiger partial charge on any atom is -0.346 e. The highest BCUT2D eigenvalue weighted by atomic mass is 32.2. The van der Waals surface area contributed by atoms with Gasteiger partial charge < -0.3 is 9.55 Å². The summed E-state index contributed by atoms with van der Waals surface area (Å²) < 4.78 is 28.1. The van der Waals surface area contributed by atoms with E-state index in [9.17, 15) is 13.7 Å². The summed E-state index contributed by atoms with van der Waals surface area (Å²) in [6.07, 6.45) is 10.3. The monoisotopic (exact) mass is 408 g/mol. The van der Waals surface area contributed by atoms with Gasteiger partial charge in [-0.25, -0.2) is 18.4 Å². The minimum atomic E-state index is -3.25. The van der Waals surface area contributed by atoms with Crippen molar-refractivity contribution >= 4 is 21.1 Å². The van der Waals surface area contributed by atoms with E-state index in [0.29, 0.717) is 13.1 Å². The van der Waals surface area contributed by atoms with Gasteiger partial charge in [-0.15, -0.1) is 0 Å². The van der Waals surface area contributed by atoms with E-state index < -0.39 is 15.6 Å². The van der Waals surface area contributed by atoms with Crippen LogP contribution in [0.4, 0.5) is 0 Å². The topological polar surface area (TPSA) is 108 Å². The van der Waals surface area contributed by atoms with Crippen LogP contribution in [0.3, 0.4) is 0 Å². The van der Waals surface area contributed by atoms with Crippen molar-refractivity contribution in [2.45, 2.75) is 37.1 Å². The van der Waals surface area contributed by atoms with Crippen LogP contribution < -0.4 is 0 Å². The summed E-state index contributed by atoms with van der Waals surface area (Å²) in [5, 5.41) is 10.6. The van der Waals surface area contributed by atoms with Crippen LogP contribution in [0, 0.1) is 11.3 Å². The maximum atomic E-state index is 12.3. The second kappa shape index (κ2) is 5.26. The first-order chi connectivity index (χ1) is 13.9. The molecule has 0 bridgehead atoms. The van der Waals surface area contributed by atoms with Crippen molar-refractivity contribution in [2.24, 2.45) is 0 Å². The van der Waals surface area contributed by atoms with Gasteiger partial charge in [0, 0.05) is 48.0 Å². The fourth-order valence-corrected chi connectivity index (χ4v) is 6.39. The highest BCUT2D eigenvalue weighted by Crippen LogP contribution is 2.61. The first kappa shape index (κ1) is 17.2. The van der Waals surface area contributed by atoms with E-state index in [2.05, 4.69) is 44.2 Å². The lowest BCUT2D eigenvalue weighted by Crippen LogP contribution is -2.63. The zero-order valence-electron chi connectivity index (χ0n) is 16.0. The second-order valence-corrected chi connectivity index (χ2v) is 10.7. The summed E-state index contributed by atoms with van der Waals surface area (Å²) in [5.41, 5.74) is 4.81. The molecule has 1 spiro atoms. The van der Waals surface area contributed by atoms with Crippen molar-refractivity contribution in [1.82, 2.24) is 23.8 Å². The molecule has 148 valence electrons. The number of sulfonamides is 1. The van der Waals surface area contributed by atoms with E-state index in [1.165, 1.54) is 15.4 Å². The number of H-pyrrole nitrogens is 1. The summed E-state index contributed by atoms with van der Waals surface area (Å²) in [7, 11) is -3.25. The lowest BCUT2D eigenvalue weighted by molar-refractivity contribution is 0.0850. The predicted molar refractivity (Wildman–Crippen MR) is 107 cm³/mol. The molecule has 29 heavy (non-hydrogen) atoms. The van der Waals surface area contributed by atoms with Gasteiger partial charge >= 0.3 is 0 Å². The number of aromatic amines is 1. The van der Waals surface area contributed by atoms with Crippen LogP contribution in [0.5, 0.6) is 0 Å². The summed E-state index contributed by atoms with van der Waals surface area (Å²) in [6.45, 7) is 2.33. The van der Waals surface area contributed by atoms with Gasteiger partial charge in [0.25, 0.3) is 0 Å². The molecule has 3 aromatic heterocycles. The van der Waals surface area contributed by atoms with Crippen LogP contribution in [0.1, 0.15) is 37.3 Å². The Morgan fingerprint density at radius 2 is 2.03 bits per heavy atom. The fraction of sp³-hybridized carbons (Fsp3) is 0.450. The number of nitriles is 1. The van der Waals surface area contributed by atoms with Crippen LogP contribution in [0.15, 0.2) is 24.9 Å². The number of hydrogen-bond donors (Lipinski definition) is 1. The molecule has 1 saturated heterocycles. The first-order valence-corrected chi connectivity index (χ1v) is 11.5. The Bertz CT molecular complexity index is 1320. The van der Waals surface area contributed by atoms with Gasteiger partial charge in [-0.05, 0) is 30.9 Å². The van der Waals surface area contributed by atoms with E-state index in [0.717, 1.165) is 35.1 Å². The molecule has 8 nitrogen and oxygen atoms in total. The quantitative estimate of drug-likeness (QED) is 0.711. The highest BCUT2D eigenvalue weighted by Gasteiger charge is 2.54. The van der Waals surface area contributed by atoms with Crippen LogP contribution >= 0.6 is 0 Å². The normalized spacial score (nSPS) is 21.0. The number of rotatable bonds is 4. The summed E-state index contributed by atoms with van der Waals surface area (Å²) in [5.74, 6) is 0.0785. The summed E-state index contributed by atoms with van der Waals surface area (Å²) >= 11 is 0. The number of aromatic nitrogens is 4. The molecule has 0 aromatic carbocycles.